The van der Waals surface area contributed by atoms with Gasteiger partial charge in [0.15, 0.2) is 0 Å². The summed E-state index contributed by atoms with van der Waals surface area (Å²) in [6.45, 7) is 4.36. The Balaban J connectivity index is 1.28. The van der Waals surface area contributed by atoms with E-state index in [1.54, 1.807) is 41.4 Å². The number of carbonyl (C=O) groups excluding carboxylic acids is 1. The van der Waals surface area contributed by atoms with Crippen molar-refractivity contribution in [2.75, 3.05) is 26.2 Å². The van der Waals surface area contributed by atoms with Crippen LogP contribution in [-0.2, 0) is 21.4 Å². The number of amides is 1. The number of carbonyl (C=O) groups is 1. The van der Waals surface area contributed by atoms with Crippen molar-refractivity contribution < 1.29 is 17.7 Å². The molecule has 164 valence electrons. The molecular weight excluding hydrogens is 438 g/mol. The van der Waals surface area contributed by atoms with Gasteiger partial charge in [-0.15, -0.1) is 11.3 Å². The van der Waals surface area contributed by atoms with Gasteiger partial charge in [-0.05, 0) is 30.5 Å². The average Bonchev–Trinajstić information content (AvgIpc) is 3.46. The van der Waals surface area contributed by atoms with E-state index in [0.717, 1.165) is 4.88 Å². The third kappa shape index (κ3) is 5.18. The number of benzene rings is 1. The van der Waals surface area contributed by atoms with Crippen molar-refractivity contribution in [3.05, 3.63) is 53.7 Å². The lowest BCUT2D eigenvalue weighted by atomic mass is 10.2. The highest BCUT2D eigenvalue weighted by Gasteiger charge is 2.28. The van der Waals surface area contributed by atoms with Gasteiger partial charge in [-0.2, -0.15) is 9.71 Å². The summed E-state index contributed by atoms with van der Waals surface area (Å²) in [7, 11) is -3.75. The molecule has 1 amide bonds. The molecule has 3 heterocycles. The molecule has 1 fully saturated rings. The van der Waals surface area contributed by atoms with Crippen LogP contribution in [0.5, 0.6) is 0 Å². The minimum atomic E-state index is -3.75. The Bertz CT molecular complexity index is 1110. The number of piperazine rings is 1. The molecule has 1 atom stereocenters. The highest BCUT2D eigenvalue weighted by Crippen LogP contribution is 2.21. The molecule has 1 aliphatic rings. The number of hydrogen-bond acceptors (Lipinski definition) is 8. The second kappa shape index (κ2) is 9.27. The van der Waals surface area contributed by atoms with Crippen LogP contribution < -0.4 is 4.72 Å². The molecule has 2 aromatic heterocycles. The summed E-state index contributed by atoms with van der Waals surface area (Å²) in [4.78, 5) is 22.1. The summed E-state index contributed by atoms with van der Waals surface area (Å²) in [5.41, 5.74) is 0. The SMILES string of the molecule is C[C@H](NS(=O)(=O)c1ccccc1)C(=O)N1CCN(Cc2nc(-c3cccs3)no2)CC1. The van der Waals surface area contributed by atoms with Crippen LogP contribution in [0, 0.1) is 0 Å². The standard InChI is InChI=1S/C20H23N5O4S2/c1-15(23-31(27,28)16-6-3-2-4-7-16)20(26)25-11-9-24(10-12-25)14-18-21-19(22-29-18)17-8-5-13-30-17/h2-8,13,15,23H,9-12,14H2,1H3/t15-/m0/s1. The maximum atomic E-state index is 12.7. The first-order valence-corrected chi connectivity index (χ1v) is 12.2. The Hall–Kier alpha value is -2.60. The Morgan fingerprint density at radius 3 is 2.58 bits per heavy atom. The molecule has 1 saturated heterocycles. The number of hydrogen-bond donors (Lipinski definition) is 1. The first-order chi connectivity index (χ1) is 14.9. The molecule has 0 unspecified atom stereocenters. The molecule has 9 nitrogen and oxygen atoms in total. The predicted octanol–water partition coefficient (Wildman–Crippen LogP) is 1.81. The van der Waals surface area contributed by atoms with Crippen molar-refractivity contribution >= 4 is 27.3 Å². The predicted molar refractivity (Wildman–Crippen MR) is 116 cm³/mol. The van der Waals surface area contributed by atoms with E-state index < -0.39 is 16.1 Å². The minimum absolute atomic E-state index is 0.140. The number of sulfonamides is 1. The fraction of sp³-hybridized carbons (Fsp3) is 0.350. The zero-order valence-electron chi connectivity index (χ0n) is 17.0. The molecule has 0 aliphatic carbocycles. The molecule has 0 saturated carbocycles. The van der Waals surface area contributed by atoms with Gasteiger partial charge >= 0.3 is 0 Å². The Morgan fingerprint density at radius 2 is 1.90 bits per heavy atom. The topological polar surface area (TPSA) is 109 Å². The van der Waals surface area contributed by atoms with Gasteiger partial charge in [0.1, 0.15) is 0 Å². The summed E-state index contributed by atoms with van der Waals surface area (Å²) < 4.78 is 32.7. The molecule has 1 N–H and O–H groups in total. The lowest BCUT2D eigenvalue weighted by Gasteiger charge is -2.35. The van der Waals surface area contributed by atoms with Crippen LogP contribution in [0.15, 0.2) is 57.3 Å². The summed E-state index contributed by atoms with van der Waals surface area (Å²) in [5.74, 6) is 0.877. The summed E-state index contributed by atoms with van der Waals surface area (Å²) in [5, 5.41) is 5.98. The number of aromatic nitrogens is 2. The van der Waals surface area contributed by atoms with Gasteiger partial charge in [-0.25, -0.2) is 8.42 Å². The molecule has 11 heteroatoms. The summed E-state index contributed by atoms with van der Waals surface area (Å²) in [6.07, 6.45) is 0. The van der Waals surface area contributed by atoms with E-state index in [2.05, 4.69) is 19.8 Å². The molecule has 0 spiro atoms. The summed E-state index contributed by atoms with van der Waals surface area (Å²) in [6, 6.07) is 11.1. The fourth-order valence-corrected chi connectivity index (χ4v) is 5.23. The normalized spacial score (nSPS) is 16.4. The largest absolute Gasteiger partial charge is 0.339 e. The smallest absolute Gasteiger partial charge is 0.241 e. The second-order valence-corrected chi connectivity index (χ2v) is 9.91. The van der Waals surface area contributed by atoms with Crippen molar-refractivity contribution in [1.29, 1.82) is 0 Å². The van der Waals surface area contributed by atoms with Crippen molar-refractivity contribution in [3.63, 3.8) is 0 Å². The van der Waals surface area contributed by atoms with Crippen molar-refractivity contribution in [1.82, 2.24) is 24.7 Å². The molecule has 0 radical (unpaired) electrons. The number of thiophene rings is 1. The molecule has 0 bridgehead atoms. The van der Waals surface area contributed by atoms with E-state index in [1.165, 1.54) is 12.1 Å². The molecule has 1 aromatic carbocycles. The maximum absolute atomic E-state index is 12.7. The number of nitrogens with zero attached hydrogens (tertiary/aromatic N) is 4. The zero-order chi connectivity index (χ0) is 21.8. The van der Waals surface area contributed by atoms with E-state index in [9.17, 15) is 13.2 Å². The fourth-order valence-electron chi connectivity index (χ4n) is 3.37. The van der Waals surface area contributed by atoms with Gasteiger partial charge < -0.3 is 9.42 Å². The van der Waals surface area contributed by atoms with E-state index in [4.69, 9.17) is 4.52 Å². The Labute approximate surface area is 184 Å². The molecule has 3 aromatic rings. The Morgan fingerprint density at radius 1 is 1.16 bits per heavy atom. The third-order valence-electron chi connectivity index (χ3n) is 5.01. The first-order valence-electron chi connectivity index (χ1n) is 9.87. The lowest BCUT2D eigenvalue weighted by molar-refractivity contribution is -0.134. The average molecular weight is 462 g/mol. The molecular formula is C20H23N5O4S2. The van der Waals surface area contributed by atoms with Crippen LogP contribution in [0.2, 0.25) is 0 Å². The van der Waals surface area contributed by atoms with E-state index >= 15 is 0 Å². The van der Waals surface area contributed by atoms with Crippen LogP contribution >= 0.6 is 11.3 Å². The lowest BCUT2D eigenvalue weighted by Crippen LogP contribution is -2.53. The molecule has 4 rings (SSSR count). The summed E-state index contributed by atoms with van der Waals surface area (Å²) >= 11 is 1.55. The minimum Gasteiger partial charge on any atom is -0.339 e. The van der Waals surface area contributed by atoms with Crippen LogP contribution in [0.25, 0.3) is 10.7 Å². The highest BCUT2D eigenvalue weighted by atomic mass is 32.2. The van der Waals surface area contributed by atoms with E-state index in [1.807, 2.05) is 17.5 Å². The quantitative estimate of drug-likeness (QED) is 0.572. The van der Waals surface area contributed by atoms with Crippen molar-refractivity contribution in [2.45, 2.75) is 24.4 Å². The highest BCUT2D eigenvalue weighted by molar-refractivity contribution is 7.89. The number of rotatable bonds is 7. The van der Waals surface area contributed by atoms with Crippen LogP contribution in [0.4, 0.5) is 0 Å². The van der Waals surface area contributed by atoms with Gasteiger partial charge in [0.05, 0.1) is 22.4 Å². The number of nitrogens with one attached hydrogen (secondary N) is 1. The maximum Gasteiger partial charge on any atom is 0.241 e. The van der Waals surface area contributed by atoms with E-state index in [0.29, 0.717) is 44.4 Å². The molecule has 1 aliphatic heterocycles. The van der Waals surface area contributed by atoms with Crippen LogP contribution in [0.1, 0.15) is 12.8 Å². The van der Waals surface area contributed by atoms with Gasteiger partial charge in [-0.3, -0.25) is 9.69 Å². The monoisotopic (exact) mass is 461 g/mol. The van der Waals surface area contributed by atoms with Gasteiger partial charge in [0.2, 0.25) is 27.6 Å². The zero-order valence-corrected chi connectivity index (χ0v) is 18.6. The third-order valence-corrected chi connectivity index (χ3v) is 7.43. The van der Waals surface area contributed by atoms with Gasteiger partial charge in [0, 0.05) is 26.2 Å². The van der Waals surface area contributed by atoms with Crippen molar-refractivity contribution in [3.8, 4) is 10.7 Å². The van der Waals surface area contributed by atoms with Crippen molar-refractivity contribution in [2.24, 2.45) is 0 Å². The van der Waals surface area contributed by atoms with Gasteiger partial charge in [-0.1, -0.05) is 29.4 Å². The van der Waals surface area contributed by atoms with E-state index in [-0.39, 0.29) is 10.8 Å². The van der Waals surface area contributed by atoms with Gasteiger partial charge in [0.25, 0.3) is 0 Å². The van der Waals surface area contributed by atoms with Crippen LogP contribution in [0.3, 0.4) is 0 Å². The van der Waals surface area contributed by atoms with Crippen LogP contribution in [-0.4, -0.2) is 66.5 Å². The molecule has 31 heavy (non-hydrogen) atoms. The second-order valence-electron chi connectivity index (χ2n) is 7.25. The Kier molecular flexibility index (Phi) is 6.46. The first kappa shape index (κ1) is 21.6.